The first kappa shape index (κ1) is 40.9. The number of esters is 1. The van der Waals surface area contributed by atoms with Crippen molar-refractivity contribution in [1.29, 1.82) is 0 Å². The lowest BCUT2D eigenvalue weighted by Gasteiger charge is -2.31. The van der Waals surface area contributed by atoms with Crippen LogP contribution in [0.1, 0.15) is 74.7 Å². The second kappa shape index (κ2) is 17.7. The van der Waals surface area contributed by atoms with Crippen molar-refractivity contribution in [2.45, 2.75) is 103 Å². The zero-order valence-electron chi connectivity index (χ0n) is 28.0. The lowest BCUT2D eigenvalue weighted by Crippen LogP contribution is -2.45. The van der Waals surface area contributed by atoms with Crippen LogP contribution < -0.4 is 10.1 Å². The Morgan fingerprint density at radius 2 is 1.31 bits per heavy atom. The number of thioether (sulfide) groups is 1. The number of methoxy groups -OCH3 is 2. The Kier molecular flexibility index (Phi) is 16.1. The molecule has 0 spiro atoms. The van der Waals surface area contributed by atoms with Crippen LogP contribution in [0, 0.1) is 23.3 Å². The summed E-state index contributed by atoms with van der Waals surface area (Å²) in [5.74, 6) is -9.82. The number of hydrogen-bond donors (Lipinski definition) is 1. The lowest BCUT2D eigenvalue weighted by molar-refractivity contribution is -0.136. The minimum absolute atomic E-state index is 0.00774. The normalized spacial score (nSPS) is 13.5. The number of halogens is 4. The van der Waals surface area contributed by atoms with Crippen molar-refractivity contribution in [2.75, 3.05) is 45.5 Å². The van der Waals surface area contributed by atoms with E-state index in [1.807, 2.05) is 55.4 Å². The highest BCUT2D eigenvalue weighted by atomic mass is 32.2. The smallest absolute Gasteiger partial charge is 0.407 e. The molecule has 0 aliphatic carbocycles. The van der Waals surface area contributed by atoms with Gasteiger partial charge in [0.2, 0.25) is 17.4 Å². The molecule has 1 atom stereocenters. The molecule has 260 valence electrons. The van der Waals surface area contributed by atoms with E-state index in [4.69, 9.17) is 28.4 Å². The molecule has 9 nitrogen and oxygen atoms in total. The van der Waals surface area contributed by atoms with Crippen molar-refractivity contribution < 1.29 is 55.6 Å². The predicted molar refractivity (Wildman–Crippen MR) is 164 cm³/mol. The van der Waals surface area contributed by atoms with Gasteiger partial charge in [-0.05, 0) is 74.0 Å². The number of rotatable bonds is 20. The van der Waals surface area contributed by atoms with Crippen LogP contribution in [0.5, 0.6) is 5.75 Å². The zero-order chi connectivity index (χ0) is 34.6. The van der Waals surface area contributed by atoms with Crippen molar-refractivity contribution in [2.24, 2.45) is 0 Å². The molecule has 1 aromatic carbocycles. The summed E-state index contributed by atoms with van der Waals surface area (Å²) in [5.41, 5.74) is -2.07. The van der Waals surface area contributed by atoms with E-state index in [9.17, 15) is 27.2 Å². The van der Waals surface area contributed by atoms with Gasteiger partial charge in [-0.15, -0.1) is 0 Å². The molecular weight excluding hydrogens is 622 g/mol. The van der Waals surface area contributed by atoms with E-state index < -0.39 is 63.9 Å². The van der Waals surface area contributed by atoms with Gasteiger partial charge in [-0.3, -0.25) is 0 Å². The summed E-state index contributed by atoms with van der Waals surface area (Å²) in [6, 6.07) is -1.49. The third-order valence-electron chi connectivity index (χ3n) is 7.03. The molecule has 0 fully saturated rings. The van der Waals surface area contributed by atoms with Gasteiger partial charge in [0.15, 0.2) is 11.6 Å². The molecule has 14 heteroatoms. The van der Waals surface area contributed by atoms with Gasteiger partial charge in [-0.2, -0.15) is 20.5 Å². The first-order valence-electron chi connectivity index (χ1n) is 14.6. The quantitative estimate of drug-likeness (QED) is 0.0541. The Bertz CT molecular complexity index is 1090. The van der Waals surface area contributed by atoms with Crippen LogP contribution in [0.3, 0.4) is 0 Å². The van der Waals surface area contributed by atoms with Crippen LogP contribution in [0.25, 0.3) is 0 Å². The molecular formula is C31H49F4NO8S. The summed E-state index contributed by atoms with van der Waals surface area (Å²) in [4.78, 5) is 25.5. The van der Waals surface area contributed by atoms with Crippen LogP contribution in [-0.2, 0) is 28.5 Å². The first-order valence-corrected chi connectivity index (χ1v) is 15.7. The van der Waals surface area contributed by atoms with Crippen LogP contribution in [0.2, 0.25) is 0 Å². The molecule has 0 unspecified atom stereocenters. The lowest BCUT2D eigenvalue weighted by atomic mass is 10.0. The van der Waals surface area contributed by atoms with Crippen LogP contribution in [0.15, 0.2) is 6.07 Å². The molecule has 1 amide bonds. The topological polar surface area (TPSA) is 102 Å². The molecule has 45 heavy (non-hydrogen) atoms. The van der Waals surface area contributed by atoms with Crippen LogP contribution >= 0.6 is 11.8 Å². The number of hydrogen-bond acceptors (Lipinski definition) is 9. The highest BCUT2D eigenvalue weighted by Crippen LogP contribution is 2.27. The monoisotopic (exact) mass is 671 g/mol. The number of alkyl carbamates (subject to hydrolysis) is 1. The number of nitrogens with one attached hydrogen (secondary N) is 1. The molecule has 0 radical (unpaired) electrons. The van der Waals surface area contributed by atoms with Gasteiger partial charge in [0.25, 0.3) is 0 Å². The Morgan fingerprint density at radius 3 is 1.87 bits per heavy atom. The summed E-state index contributed by atoms with van der Waals surface area (Å²) in [6.07, 6.45) is 0.468. The van der Waals surface area contributed by atoms with Crippen LogP contribution in [0.4, 0.5) is 22.4 Å². The molecule has 0 aromatic heterocycles. The van der Waals surface area contributed by atoms with Gasteiger partial charge < -0.3 is 33.7 Å². The molecule has 0 bridgehead atoms. The van der Waals surface area contributed by atoms with Gasteiger partial charge in [0.1, 0.15) is 6.04 Å². The Balaban J connectivity index is 2.86. The van der Waals surface area contributed by atoms with Gasteiger partial charge >= 0.3 is 12.1 Å². The van der Waals surface area contributed by atoms with E-state index in [0.29, 0.717) is 38.2 Å². The number of amides is 1. The minimum Gasteiger partial charge on any atom is -0.449 e. The van der Waals surface area contributed by atoms with Gasteiger partial charge in [0, 0.05) is 32.5 Å². The average Bonchev–Trinajstić information content (AvgIpc) is 2.94. The molecule has 0 aliphatic heterocycles. The summed E-state index contributed by atoms with van der Waals surface area (Å²) in [6.45, 7) is 15.7. The fourth-order valence-corrected chi connectivity index (χ4v) is 4.58. The van der Waals surface area contributed by atoms with Crippen LogP contribution in [-0.4, -0.2) is 86.1 Å². The number of carbonyl (C=O) groups excluding carboxylic acids is 2. The maximum atomic E-state index is 14.2. The Hall–Kier alpha value is -2.13. The second-order valence-electron chi connectivity index (χ2n) is 13.0. The van der Waals surface area contributed by atoms with Crippen molar-refractivity contribution >= 4 is 23.8 Å². The zero-order valence-corrected chi connectivity index (χ0v) is 28.8. The molecule has 0 heterocycles. The molecule has 1 aromatic rings. The average molecular weight is 672 g/mol. The van der Waals surface area contributed by atoms with Gasteiger partial charge in [-0.1, -0.05) is 0 Å². The predicted octanol–water partition coefficient (Wildman–Crippen LogP) is 6.59. The minimum atomic E-state index is -1.88. The van der Waals surface area contributed by atoms with E-state index in [1.54, 1.807) is 14.2 Å². The molecule has 1 N–H and O–H groups in total. The summed E-state index contributed by atoms with van der Waals surface area (Å²) in [7, 11) is 3.20. The van der Waals surface area contributed by atoms with E-state index in [1.165, 1.54) is 11.8 Å². The molecule has 0 aliphatic rings. The molecule has 0 saturated heterocycles. The summed E-state index contributed by atoms with van der Waals surface area (Å²) in [5, 5.41) is 2.32. The Morgan fingerprint density at radius 1 is 0.778 bits per heavy atom. The third kappa shape index (κ3) is 15.3. The number of carbonyl (C=O) groups is 2. The summed E-state index contributed by atoms with van der Waals surface area (Å²) < 4.78 is 88.3. The second-order valence-corrected chi connectivity index (χ2v) is 14.1. The number of benzene rings is 1. The summed E-state index contributed by atoms with van der Waals surface area (Å²) >= 11 is 1.22. The maximum Gasteiger partial charge on any atom is 0.407 e. The molecule has 0 saturated carbocycles. The SMILES string of the molecule is COC(C)(C)CCOC(C)(C)CCOC(=O)N[C@@H](CSCCC(C)(C)OCC(C)(C)OC)C(=O)Oc1c(F)c(F)cc(F)c1F. The van der Waals surface area contributed by atoms with E-state index >= 15 is 0 Å². The van der Waals surface area contributed by atoms with Gasteiger partial charge in [0.05, 0.1) is 42.2 Å². The highest BCUT2D eigenvalue weighted by Gasteiger charge is 2.30. The third-order valence-corrected chi connectivity index (χ3v) is 8.10. The maximum absolute atomic E-state index is 14.2. The van der Waals surface area contributed by atoms with Crippen molar-refractivity contribution in [1.82, 2.24) is 5.32 Å². The van der Waals surface area contributed by atoms with E-state index in [0.717, 1.165) is 0 Å². The highest BCUT2D eigenvalue weighted by molar-refractivity contribution is 7.99. The largest absolute Gasteiger partial charge is 0.449 e. The van der Waals surface area contributed by atoms with E-state index in [-0.39, 0.29) is 24.0 Å². The fourth-order valence-electron chi connectivity index (χ4n) is 3.32. The van der Waals surface area contributed by atoms with E-state index in [2.05, 4.69) is 5.32 Å². The first-order chi connectivity index (χ1) is 20.6. The number of ether oxygens (including phenoxy) is 6. The Labute approximate surface area is 268 Å². The fraction of sp³-hybridized carbons (Fsp3) is 0.742. The van der Waals surface area contributed by atoms with Crippen molar-refractivity contribution in [3.8, 4) is 5.75 Å². The standard InChI is InChI=1S/C31H49F4NO8S/c1-28(2,39-9)12-15-42-29(3,4)11-14-41-27(38)36-22(18-45-16-13-30(5,6)43-19-31(7,8)40-10)26(37)44-25-23(34)20(32)17-21(33)24(25)35/h17,22H,11-16,18-19H2,1-10H3,(H,36,38)/t22-/m0/s1. The van der Waals surface area contributed by atoms with Crippen molar-refractivity contribution in [3.05, 3.63) is 29.3 Å². The van der Waals surface area contributed by atoms with Gasteiger partial charge in [-0.25, -0.2) is 18.4 Å². The van der Waals surface area contributed by atoms with Crippen molar-refractivity contribution in [3.63, 3.8) is 0 Å². The molecule has 1 rings (SSSR count).